The van der Waals surface area contributed by atoms with Gasteiger partial charge in [0.2, 0.25) is 0 Å². The van der Waals surface area contributed by atoms with Crippen LogP contribution in [0.1, 0.15) is 5.56 Å². The molecule has 3 aromatic carbocycles. The summed E-state index contributed by atoms with van der Waals surface area (Å²) in [5.74, 6) is 0. The van der Waals surface area contributed by atoms with E-state index in [1.807, 2.05) is 24.3 Å². The highest BCUT2D eigenvalue weighted by molar-refractivity contribution is 9.10. The van der Waals surface area contributed by atoms with Gasteiger partial charge in [-0.25, -0.2) is 8.42 Å². The third-order valence-electron chi connectivity index (χ3n) is 3.87. The first-order valence-electron chi connectivity index (χ1n) is 8.37. The van der Waals surface area contributed by atoms with Crippen molar-refractivity contribution in [3.05, 3.63) is 91.9 Å². The molecule has 0 amide bonds. The molecule has 30 heavy (non-hydrogen) atoms. The lowest BCUT2D eigenvalue weighted by Gasteiger charge is -2.09. The van der Waals surface area contributed by atoms with Crippen molar-refractivity contribution >= 4 is 60.8 Å². The first kappa shape index (κ1) is 21.8. The first-order chi connectivity index (χ1) is 14.3. The van der Waals surface area contributed by atoms with Gasteiger partial charge in [0.1, 0.15) is 5.69 Å². The zero-order valence-corrected chi connectivity index (χ0v) is 18.3. The van der Waals surface area contributed by atoms with Crippen LogP contribution in [-0.4, -0.2) is 19.6 Å². The fourth-order valence-corrected chi connectivity index (χ4v) is 4.00. The molecule has 2 N–H and O–H groups in total. The fraction of sp³-hybridized carbons (Fsp3) is 0. The summed E-state index contributed by atoms with van der Waals surface area (Å²) in [5, 5.41) is 15.9. The second-order valence-electron chi connectivity index (χ2n) is 5.94. The van der Waals surface area contributed by atoms with Gasteiger partial charge in [-0.2, -0.15) is 5.10 Å². The maximum Gasteiger partial charge on any atom is 0.295 e. The minimum atomic E-state index is -4.04. The molecule has 154 valence electrons. The zero-order chi connectivity index (χ0) is 21.7. The Kier molecular flexibility index (Phi) is 6.70. The molecule has 0 aromatic heterocycles. The van der Waals surface area contributed by atoms with E-state index in [2.05, 4.69) is 31.2 Å². The van der Waals surface area contributed by atoms with E-state index in [0.29, 0.717) is 5.02 Å². The van der Waals surface area contributed by atoms with Crippen LogP contribution in [0.25, 0.3) is 0 Å². The molecule has 0 spiro atoms. The van der Waals surface area contributed by atoms with Crippen molar-refractivity contribution in [3.63, 3.8) is 0 Å². The molecule has 0 saturated heterocycles. The normalized spacial score (nSPS) is 11.4. The van der Waals surface area contributed by atoms with Crippen molar-refractivity contribution in [3.8, 4) is 0 Å². The second kappa shape index (κ2) is 9.24. The first-order valence-corrected chi connectivity index (χ1v) is 11.0. The van der Waals surface area contributed by atoms with E-state index in [0.717, 1.165) is 16.1 Å². The Morgan fingerprint density at radius 1 is 1.07 bits per heavy atom. The van der Waals surface area contributed by atoms with Crippen molar-refractivity contribution in [1.29, 1.82) is 0 Å². The summed E-state index contributed by atoms with van der Waals surface area (Å²) in [6.07, 6.45) is 1.49. The van der Waals surface area contributed by atoms with Gasteiger partial charge in [0.15, 0.2) is 0 Å². The molecule has 3 rings (SSSR count). The zero-order valence-electron chi connectivity index (χ0n) is 15.1. The van der Waals surface area contributed by atoms with E-state index >= 15 is 0 Å². The average Bonchev–Trinajstić information content (AvgIpc) is 2.71. The molecule has 11 heteroatoms. The molecule has 3 aromatic rings. The van der Waals surface area contributed by atoms with Crippen LogP contribution in [0.2, 0.25) is 5.02 Å². The quantitative estimate of drug-likeness (QED) is 0.256. The number of nitro benzene ring substituents is 1. The summed E-state index contributed by atoms with van der Waals surface area (Å²) >= 11 is 9.16. The third kappa shape index (κ3) is 5.35. The Morgan fingerprint density at radius 2 is 1.77 bits per heavy atom. The van der Waals surface area contributed by atoms with Crippen LogP contribution >= 0.6 is 27.5 Å². The molecule has 0 aliphatic heterocycles. The molecule has 0 aliphatic rings. The highest BCUT2D eigenvalue weighted by Crippen LogP contribution is 2.29. The van der Waals surface area contributed by atoms with Gasteiger partial charge in [0.05, 0.1) is 16.0 Å². The third-order valence-corrected chi connectivity index (χ3v) is 6.22. The summed E-state index contributed by atoms with van der Waals surface area (Å²) in [6, 6.07) is 16.8. The lowest BCUT2D eigenvalue weighted by molar-refractivity contribution is -0.384. The second-order valence-corrected chi connectivity index (χ2v) is 8.91. The monoisotopic (exact) mass is 508 g/mol. The lowest BCUT2D eigenvalue weighted by Crippen LogP contribution is -2.13. The Balaban J connectivity index is 1.85. The van der Waals surface area contributed by atoms with Gasteiger partial charge in [0.25, 0.3) is 15.7 Å². The molecular weight excluding hydrogens is 496 g/mol. The molecular formula is C19H14BrClN4O4S. The van der Waals surface area contributed by atoms with E-state index < -0.39 is 20.6 Å². The van der Waals surface area contributed by atoms with Crippen LogP contribution in [0.4, 0.5) is 17.1 Å². The number of sulfonamides is 1. The summed E-state index contributed by atoms with van der Waals surface area (Å²) in [6.45, 7) is 0. The van der Waals surface area contributed by atoms with Crippen LogP contribution in [0.5, 0.6) is 0 Å². The molecule has 0 fully saturated rings. The molecule has 0 saturated carbocycles. The standard InChI is InChI=1S/C19H14BrClN4O4S/c20-17-4-2-1-3-13(17)12-22-23-18-10-9-16(11-19(18)25(26)27)30(28,29)24-15-7-5-14(21)6-8-15/h1-12,23-24H/b22-12-. The molecule has 0 heterocycles. The van der Waals surface area contributed by atoms with Crippen LogP contribution in [-0.2, 0) is 10.0 Å². The summed E-state index contributed by atoms with van der Waals surface area (Å²) in [4.78, 5) is 10.5. The van der Waals surface area contributed by atoms with Crippen LogP contribution < -0.4 is 10.1 Å². The number of anilines is 2. The maximum atomic E-state index is 12.6. The molecule has 0 bridgehead atoms. The number of rotatable bonds is 7. The number of nitrogens with zero attached hydrogens (tertiary/aromatic N) is 2. The van der Waals surface area contributed by atoms with E-state index in [9.17, 15) is 18.5 Å². The van der Waals surface area contributed by atoms with Crippen molar-refractivity contribution in [2.75, 3.05) is 10.1 Å². The number of nitro groups is 1. The Labute approximate surface area is 185 Å². The number of benzene rings is 3. The number of hydrogen-bond acceptors (Lipinski definition) is 6. The predicted molar refractivity (Wildman–Crippen MR) is 121 cm³/mol. The van der Waals surface area contributed by atoms with E-state index in [-0.39, 0.29) is 16.3 Å². The predicted octanol–water partition coefficient (Wildman–Crippen LogP) is 5.26. The molecule has 0 atom stereocenters. The van der Waals surface area contributed by atoms with Crippen LogP contribution in [0.3, 0.4) is 0 Å². The number of hydrazone groups is 1. The summed E-state index contributed by atoms with van der Waals surface area (Å²) < 4.78 is 28.3. The highest BCUT2D eigenvalue weighted by Gasteiger charge is 2.21. The number of nitrogens with one attached hydrogen (secondary N) is 2. The van der Waals surface area contributed by atoms with Crippen molar-refractivity contribution in [2.24, 2.45) is 5.10 Å². The van der Waals surface area contributed by atoms with Gasteiger partial charge in [-0.15, -0.1) is 0 Å². The minimum Gasteiger partial charge on any atom is -0.280 e. The van der Waals surface area contributed by atoms with Crippen LogP contribution in [0, 0.1) is 10.1 Å². The Bertz CT molecular complexity index is 1220. The molecule has 0 unspecified atom stereocenters. The van der Waals surface area contributed by atoms with Gasteiger partial charge >= 0.3 is 0 Å². The van der Waals surface area contributed by atoms with E-state index in [1.54, 1.807) is 0 Å². The van der Waals surface area contributed by atoms with Gasteiger partial charge in [-0.1, -0.05) is 45.7 Å². The maximum absolute atomic E-state index is 12.6. The average molecular weight is 510 g/mol. The van der Waals surface area contributed by atoms with E-state index in [4.69, 9.17) is 11.6 Å². The highest BCUT2D eigenvalue weighted by atomic mass is 79.9. The SMILES string of the molecule is O=[N+]([O-])c1cc(S(=O)(=O)Nc2ccc(Cl)cc2)ccc1N/N=C\c1ccccc1Br. The molecule has 0 aliphatic carbocycles. The largest absolute Gasteiger partial charge is 0.295 e. The molecule has 8 nitrogen and oxygen atoms in total. The van der Waals surface area contributed by atoms with Gasteiger partial charge in [-0.05, 0) is 42.5 Å². The summed E-state index contributed by atoms with van der Waals surface area (Å²) in [5.41, 5.74) is 3.24. The molecule has 0 radical (unpaired) electrons. The smallest absolute Gasteiger partial charge is 0.280 e. The van der Waals surface area contributed by atoms with E-state index in [1.165, 1.54) is 42.6 Å². The van der Waals surface area contributed by atoms with Gasteiger partial charge in [0, 0.05) is 26.8 Å². The Morgan fingerprint density at radius 3 is 2.43 bits per heavy atom. The van der Waals surface area contributed by atoms with Crippen LogP contribution in [0.15, 0.2) is 81.2 Å². The number of hydrogen-bond donors (Lipinski definition) is 2. The topological polar surface area (TPSA) is 114 Å². The minimum absolute atomic E-state index is 0.0498. The fourth-order valence-electron chi connectivity index (χ4n) is 2.41. The van der Waals surface area contributed by atoms with Gasteiger partial charge < -0.3 is 0 Å². The van der Waals surface area contributed by atoms with Crippen molar-refractivity contribution in [1.82, 2.24) is 0 Å². The lowest BCUT2D eigenvalue weighted by atomic mass is 10.2. The van der Waals surface area contributed by atoms with Gasteiger partial charge in [-0.3, -0.25) is 20.3 Å². The van der Waals surface area contributed by atoms with Crippen molar-refractivity contribution in [2.45, 2.75) is 4.90 Å². The number of halogens is 2. The Hall–Kier alpha value is -2.95. The summed E-state index contributed by atoms with van der Waals surface area (Å²) in [7, 11) is -4.04. The van der Waals surface area contributed by atoms with Crippen molar-refractivity contribution < 1.29 is 13.3 Å².